The number of nitrogens with one attached hydrogen (secondary N) is 2. The summed E-state index contributed by atoms with van der Waals surface area (Å²) >= 11 is 0. The van der Waals surface area contributed by atoms with Crippen LogP contribution in [0.25, 0.3) is 0 Å². The van der Waals surface area contributed by atoms with E-state index in [1.165, 1.54) is 6.33 Å². The first kappa shape index (κ1) is 16.5. The molecule has 1 aromatic heterocycles. The molecule has 0 aliphatic carbocycles. The van der Waals surface area contributed by atoms with Crippen LogP contribution in [-0.4, -0.2) is 68.9 Å². The smallest absolute Gasteiger partial charge is 0.204 e. The Labute approximate surface area is 120 Å². The average molecular weight is 283 g/mol. The Hall–Kier alpha value is -1.60. The van der Waals surface area contributed by atoms with Crippen molar-refractivity contribution in [2.24, 2.45) is 0 Å². The molecule has 0 fully saturated rings. The lowest BCUT2D eigenvalue weighted by molar-refractivity contribution is 0.126. The van der Waals surface area contributed by atoms with Gasteiger partial charge in [0.15, 0.2) is 11.6 Å². The molecule has 7 heteroatoms. The number of nitrogens with zero attached hydrogens (tertiary/aromatic N) is 3. The van der Waals surface area contributed by atoms with Gasteiger partial charge in [-0.25, -0.2) is 9.97 Å². The highest BCUT2D eigenvalue weighted by molar-refractivity contribution is 5.63. The molecule has 1 aromatic rings. The van der Waals surface area contributed by atoms with Gasteiger partial charge in [0.2, 0.25) is 5.75 Å². The molecule has 0 unspecified atom stereocenters. The van der Waals surface area contributed by atoms with Crippen molar-refractivity contribution < 1.29 is 9.47 Å². The second-order valence-corrected chi connectivity index (χ2v) is 4.48. The SMILES string of the molecule is CCNc1ncnc(NCCOCCN(C)C)c1OC. The van der Waals surface area contributed by atoms with Gasteiger partial charge < -0.3 is 25.0 Å². The van der Waals surface area contributed by atoms with E-state index < -0.39 is 0 Å². The molecular weight excluding hydrogens is 258 g/mol. The zero-order valence-corrected chi connectivity index (χ0v) is 12.8. The van der Waals surface area contributed by atoms with E-state index in [1.807, 2.05) is 21.0 Å². The molecule has 0 aliphatic rings. The fraction of sp³-hybridized carbons (Fsp3) is 0.692. The highest BCUT2D eigenvalue weighted by Gasteiger charge is 2.10. The summed E-state index contributed by atoms with van der Waals surface area (Å²) in [6.07, 6.45) is 1.51. The molecular formula is C13H25N5O2. The highest BCUT2D eigenvalue weighted by Crippen LogP contribution is 2.28. The fourth-order valence-electron chi connectivity index (χ4n) is 1.58. The van der Waals surface area contributed by atoms with Crippen molar-refractivity contribution in [3.63, 3.8) is 0 Å². The maximum absolute atomic E-state index is 5.51. The van der Waals surface area contributed by atoms with Crippen LogP contribution in [0.2, 0.25) is 0 Å². The molecule has 0 aliphatic heterocycles. The van der Waals surface area contributed by atoms with Crippen molar-refractivity contribution in [3.8, 4) is 5.75 Å². The average Bonchev–Trinajstić information content (AvgIpc) is 2.43. The van der Waals surface area contributed by atoms with Crippen LogP contribution >= 0.6 is 0 Å². The minimum absolute atomic E-state index is 0.623. The summed E-state index contributed by atoms with van der Waals surface area (Å²) in [5, 5.41) is 6.33. The van der Waals surface area contributed by atoms with Crippen LogP contribution in [0.4, 0.5) is 11.6 Å². The van der Waals surface area contributed by atoms with Crippen molar-refractivity contribution in [3.05, 3.63) is 6.33 Å². The number of anilines is 2. The van der Waals surface area contributed by atoms with Gasteiger partial charge in [-0.1, -0.05) is 0 Å². The van der Waals surface area contributed by atoms with Crippen molar-refractivity contribution in [1.82, 2.24) is 14.9 Å². The zero-order chi connectivity index (χ0) is 14.8. The van der Waals surface area contributed by atoms with Gasteiger partial charge in [-0.15, -0.1) is 0 Å². The van der Waals surface area contributed by atoms with E-state index in [0.717, 1.165) is 19.7 Å². The number of aromatic nitrogens is 2. The Morgan fingerprint density at radius 2 is 1.85 bits per heavy atom. The fourth-order valence-corrected chi connectivity index (χ4v) is 1.58. The van der Waals surface area contributed by atoms with Gasteiger partial charge in [-0.3, -0.25) is 0 Å². The zero-order valence-electron chi connectivity index (χ0n) is 12.8. The monoisotopic (exact) mass is 283 g/mol. The van der Waals surface area contributed by atoms with E-state index in [1.54, 1.807) is 7.11 Å². The van der Waals surface area contributed by atoms with Crippen LogP contribution in [0, 0.1) is 0 Å². The normalized spacial score (nSPS) is 10.7. The second-order valence-electron chi connectivity index (χ2n) is 4.48. The Bertz CT molecular complexity index is 387. The van der Waals surface area contributed by atoms with Gasteiger partial charge in [-0.2, -0.15) is 0 Å². The van der Waals surface area contributed by atoms with Gasteiger partial charge in [0.25, 0.3) is 0 Å². The Morgan fingerprint density at radius 3 is 2.45 bits per heavy atom. The molecule has 2 N–H and O–H groups in total. The lowest BCUT2D eigenvalue weighted by atomic mass is 10.4. The van der Waals surface area contributed by atoms with E-state index in [4.69, 9.17) is 9.47 Å². The quantitative estimate of drug-likeness (QED) is 0.618. The molecule has 7 nitrogen and oxygen atoms in total. The largest absolute Gasteiger partial charge is 0.490 e. The van der Waals surface area contributed by atoms with Gasteiger partial charge in [0.1, 0.15) is 6.33 Å². The summed E-state index contributed by atoms with van der Waals surface area (Å²) < 4.78 is 10.9. The Morgan fingerprint density at radius 1 is 1.15 bits per heavy atom. The van der Waals surface area contributed by atoms with E-state index in [9.17, 15) is 0 Å². The first-order valence-electron chi connectivity index (χ1n) is 6.78. The molecule has 114 valence electrons. The van der Waals surface area contributed by atoms with Crippen molar-refractivity contribution in [2.75, 3.05) is 64.7 Å². The van der Waals surface area contributed by atoms with E-state index >= 15 is 0 Å². The third-order valence-electron chi connectivity index (χ3n) is 2.57. The lowest BCUT2D eigenvalue weighted by Crippen LogP contribution is -2.20. The summed E-state index contributed by atoms with van der Waals surface area (Å²) in [5.74, 6) is 2.00. The Balaban J connectivity index is 2.41. The van der Waals surface area contributed by atoms with Gasteiger partial charge in [0.05, 0.1) is 20.3 Å². The van der Waals surface area contributed by atoms with Crippen LogP contribution in [-0.2, 0) is 4.74 Å². The van der Waals surface area contributed by atoms with Gasteiger partial charge >= 0.3 is 0 Å². The number of hydrogen-bond donors (Lipinski definition) is 2. The molecule has 0 aromatic carbocycles. The maximum Gasteiger partial charge on any atom is 0.204 e. The minimum atomic E-state index is 0.623. The summed E-state index contributed by atoms with van der Waals surface area (Å²) in [6, 6.07) is 0. The summed E-state index contributed by atoms with van der Waals surface area (Å²) in [6.45, 7) is 5.72. The molecule has 0 spiro atoms. The third kappa shape index (κ3) is 5.58. The molecule has 0 amide bonds. The standard InChI is InChI=1S/C13H25N5O2/c1-5-14-12-11(19-4)13(17-10-16-12)15-6-8-20-9-7-18(2)3/h10H,5-9H2,1-4H3,(H2,14,15,16,17). The van der Waals surface area contributed by atoms with Crippen molar-refractivity contribution in [1.29, 1.82) is 0 Å². The van der Waals surface area contributed by atoms with Crippen molar-refractivity contribution >= 4 is 11.6 Å². The predicted molar refractivity (Wildman–Crippen MR) is 80.6 cm³/mol. The maximum atomic E-state index is 5.51. The molecule has 1 heterocycles. The van der Waals surface area contributed by atoms with Crippen molar-refractivity contribution in [2.45, 2.75) is 6.92 Å². The van der Waals surface area contributed by atoms with Crippen LogP contribution < -0.4 is 15.4 Å². The van der Waals surface area contributed by atoms with Gasteiger partial charge in [0, 0.05) is 19.6 Å². The molecule has 0 radical (unpaired) electrons. The summed E-state index contributed by atoms with van der Waals surface area (Å²) in [5.41, 5.74) is 0. The van der Waals surface area contributed by atoms with E-state index in [0.29, 0.717) is 30.5 Å². The number of likely N-dealkylation sites (N-methyl/N-ethyl adjacent to an activating group) is 1. The van der Waals surface area contributed by atoms with E-state index in [-0.39, 0.29) is 0 Å². The predicted octanol–water partition coefficient (Wildman–Crippen LogP) is 0.907. The lowest BCUT2D eigenvalue weighted by Gasteiger charge is -2.14. The Kier molecular flexibility index (Phi) is 7.67. The molecule has 20 heavy (non-hydrogen) atoms. The number of ether oxygens (including phenoxy) is 2. The number of hydrogen-bond acceptors (Lipinski definition) is 7. The summed E-state index contributed by atoms with van der Waals surface area (Å²) in [4.78, 5) is 10.4. The highest BCUT2D eigenvalue weighted by atomic mass is 16.5. The van der Waals surface area contributed by atoms with Crippen LogP contribution in [0.1, 0.15) is 6.92 Å². The second kappa shape index (κ2) is 9.33. The van der Waals surface area contributed by atoms with Crippen LogP contribution in [0.3, 0.4) is 0 Å². The number of rotatable bonds is 10. The molecule has 0 bridgehead atoms. The first-order chi connectivity index (χ1) is 9.69. The topological polar surface area (TPSA) is 71.5 Å². The minimum Gasteiger partial charge on any atom is -0.490 e. The van der Waals surface area contributed by atoms with E-state index in [2.05, 4.69) is 25.5 Å². The third-order valence-corrected chi connectivity index (χ3v) is 2.57. The molecule has 0 saturated heterocycles. The molecule has 0 atom stereocenters. The van der Waals surface area contributed by atoms with Gasteiger partial charge in [-0.05, 0) is 21.0 Å². The summed E-state index contributed by atoms with van der Waals surface area (Å²) in [7, 11) is 5.66. The molecule has 1 rings (SSSR count). The number of methoxy groups -OCH3 is 1. The first-order valence-corrected chi connectivity index (χ1v) is 6.78. The molecule has 0 saturated carbocycles. The van der Waals surface area contributed by atoms with Crippen LogP contribution in [0.5, 0.6) is 5.75 Å². The van der Waals surface area contributed by atoms with Crippen LogP contribution in [0.15, 0.2) is 6.33 Å².